The number of benzene rings is 1. The van der Waals surface area contributed by atoms with E-state index in [1.807, 2.05) is 6.92 Å². The Hall–Kier alpha value is -0.580. The molecule has 1 unspecified atom stereocenters. The minimum Gasteiger partial charge on any atom is -0.380 e. The molecule has 0 heterocycles. The van der Waals surface area contributed by atoms with Crippen molar-refractivity contribution >= 4 is 33.4 Å². The number of carbonyl (C=O) groups excluding carboxylic acids is 1. The predicted octanol–water partition coefficient (Wildman–Crippen LogP) is 3.89. The lowest BCUT2D eigenvalue weighted by Crippen LogP contribution is -2.41. The van der Waals surface area contributed by atoms with Crippen molar-refractivity contribution in [2.24, 2.45) is 5.92 Å². The fourth-order valence-corrected chi connectivity index (χ4v) is 2.44. The first-order valence-electron chi connectivity index (χ1n) is 6.28. The van der Waals surface area contributed by atoms with E-state index in [2.05, 4.69) is 35.1 Å². The van der Waals surface area contributed by atoms with Gasteiger partial charge in [0.15, 0.2) is 0 Å². The van der Waals surface area contributed by atoms with Gasteiger partial charge in [-0.15, -0.1) is 0 Å². The van der Waals surface area contributed by atoms with E-state index in [0.29, 0.717) is 29.7 Å². The molecule has 19 heavy (non-hydrogen) atoms. The number of hydrogen-bond acceptors (Lipinski definition) is 2. The van der Waals surface area contributed by atoms with E-state index in [9.17, 15) is 4.79 Å². The van der Waals surface area contributed by atoms with Gasteiger partial charge in [0.2, 0.25) is 0 Å². The van der Waals surface area contributed by atoms with Crippen molar-refractivity contribution in [1.82, 2.24) is 5.32 Å². The maximum Gasteiger partial charge on any atom is 0.251 e. The smallest absolute Gasteiger partial charge is 0.251 e. The zero-order valence-electron chi connectivity index (χ0n) is 11.4. The molecule has 5 heteroatoms. The molecule has 0 aliphatic carbocycles. The highest BCUT2D eigenvalue weighted by molar-refractivity contribution is 9.10. The summed E-state index contributed by atoms with van der Waals surface area (Å²) < 4.78 is 6.18. The normalized spacial score (nSPS) is 12.5. The van der Waals surface area contributed by atoms with E-state index in [1.165, 1.54) is 0 Å². The molecule has 106 valence electrons. The highest BCUT2D eigenvalue weighted by atomic mass is 79.9. The molecule has 1 aromatic carbocycles. The average molecular weight is 349 g/mol. The molecule has 0 radical (unpaired) electrons. The van der Waals surface area contributed by atoms with Crippen molar-refractivity contribution in [1.29, 1.82) is 0 Å². The van der Waals surface area contributed by atoms with Crippen molar-refractivity contribution in [2.45, 2.75) is 26.8 Å². The molecule has 1 aromatic rings. The van der Waals surface area contributed by atoms with Crippen molar-refractivity contribution in [3.8, 4) is 0 Å². The van der Waals surface area contributed by atoms with E-state index in [-0.39, 0.29) is 11.9 Å². The number of rotatable bonds is 6. The van der Waals surface area contributed by atoms with Crippen LogP contribution in [0.3, 0.4) is 0 Å². The molecule has 0 aliphatic heterocycles. The first kappa shape index (κ1) is 16.5. The Kier molecular flexibility index (Phi) is 6.83. The molecule has 1 N–H and O–H groups in total. The largest absolute Gasteiger partial charge is 0.380 e. The van der Waals surface area contributed by atoms with Gasteiger partial charge in [0.05, 0.1) is 12.6 Å². The van der Waals surface area contributed by atoms with Crippen LogP contribution >= 0.6 is 27.5 Å². The van der Waals surface area contributed by atoms with Gasteiger partial charge in [-0.1, -0.05) is 41.4 Å². The number of ether oxygens (including phenoxy) is 1. The Morgan fingerprint density at radius 1 is 1.42 bits per heavy atom. The monoisotopic (exact) mass is 347 g/mol. The SMILES string of the molecule is CCOCC(NC(=O)c1cc(Cl)cc(Br)c1)C(C)C. The molecule has 1 amide bonds. The quantitative estimate of drug-likeness (QED) is 0.847. The molecule has 3 nitrogen and oxygen atoms in total. The molecule has 0 saturated heterocycles. The summed E-state index contributed by atoms with van der Waals surface area (Å²) in [5, 5.41) is 3.51. The summed E-state index contributed by atoms with van der Waals surface area (Å²) in [6.07, 6.45) is 0. The molecule has 0 bridgehead atoms. The number of halogens is 2. The molecule has 1 rings (SSSR count). The summed E-state index contributed by atoms with van der Waals surface area (Å²) in [5.41, 5.74) is 0.543. The molecule has 1 atom stereocenters. The van der Waals surface area contributed by atoms with Crippen LogP contribution in [-0.2, 0) is 4.74 Å². The van der Waals surface area contributed by atoms with Crippen LogP contribution in [0.25, 0.3) is 0 Å². The second-order valence-electron chi connectivity index (χ2n) is 4.64. The van der Waals surface area contributed by atoms with Crippen molar-refractivity contribution in [3.05, 3.63) is 33.3 Å². The van der Waals surface area contributed by atoms with Gasteiger partial charge in [0.25, 0.3) is 5.91 Å². The first-order valence-corrected chi connectivity index (χ1v) is 7.45. The van der Waals surface area contributed by atoms with Gasteiger partial charge in [-0.3, -0.25) is 4.79 Å². The molecule has 0 aliphatic rings. The van der Waals surface area contributed by atoms with E-state index < -0.39 is 0 Å². The van der Waals surface area contributed by atoms with E-state index in [0.717, 1.165) is 4.47 Å². The van der Waals surface area contributed by atoms with Gasteiger partial charge in [0, 0.05) is 21.7 Å². The summed E-state index contributed by atoms with van der Waals surface area (Å²) >= 11 is 9.27. The van der Waals surface area contributed by atoms with Gasteiger partial charge < -0.3 is 10.1 Å². The van der Waals surface area contributed by atoms with Gasteiger partial charge in [-0.25, -0.2) is 0 Å². The third-order valence-electron chi connectivity index (χ3n) is 2.75. The zero-order valence-corrected chi connectivity index (χ0v) is 13.7. The Bertz CT molecular complexity index is 417. The highest BCUT2D eigenvalue weighted by Gasteiger charge is 2.17. The summed E-state index contributed by atoms with van der Waals surface area (Å²) in [4.78, 5) is 12.2. The predicted molar refractivity (Wildman–Crippen MR) is 81.7 cm³/mol. The van der Waals surface area contributed by atoms with Gasteiger partial charge in [-0.2, -0.15) is 0 Å². The van der Waals surface area contributed by atoms with Gasteiger partial charge >= 0.3 is 0 Å². The zero-order chi connectivity index (χ0) is 14.4. The summed E-state index contributed by atoms with van der Waals surface area (Å²) in [5.74, 6) is 0.166. The fourth-order valence-electron chi connectivity index (χ4n) is 1.58. The average Bonchev–Trinajstić information content (AvgIpc) is 2.32. The number of hydrogen-bond donors (Lipinski definition) is 1. The molecule has 0 saturated carbocycles. The second-order valence-corrected chi connectivity index (χ2v) is 5.99. The highest BCUT2D eigenvalue weighted by Crippen LogP contribution is 2.19. The summed E-state index contributed by atoms with van der Waals surface area (Å²) in [6.45, 7) is 7.20. The Labute approximate surface area is 127 Å². The van der Waals surface area contributed by atoms with E-state index in [4.69, 9.17) is 16.3 Å². The Morgan fingerprint density at radius 2 is 2.11 bits per heavy atom. The third-order valence-corrected chi connectivity index (χ3v) is 3.42. The number of nitrogens with one attached hydrogen (secondary N) is 1. The van der Waals surface area contributed by atoms with E-state index in [1.54, 1.807) is 18.2 Å². The van der Waals surface area contributed by atoms with Crippen LogP contribution in [0.15, 0.2) is 22.7 Å². The Morgan fingerprint density at radius 3 is 2.63 bits per heavy atom. The fraction of sp³-hybridized carbons (Fsp3) is 0.500. The summed E-state index contributed by atoms with van der Waals surface area (Å²) in [7, 11) is 0. The molecule has 0 fully saturated rings. The van der Waals surface area contributed by atoms with Crippen LogP contribution in [0.1, 0.15) is 31.1 Å². The first-order chi connectivity index (χ1) is 8.93. The lowest BCUT2D eigenvalue weighted by molar-refractivity contribution is 0.0806. The number of carbonyl (C=O) groups is 1. The van der Waals surface area contributed by atoms with Crippen LogP contribution in [0.2, 0.25) is 5.02 Å². The van der Waals surface area contributed by atoms with E-state index >= 15 is 0 Å². The maximum atomic E-state index is 12.2. The Balaban J connectivity index is 2.75. The minimum absolute atomic E-state index is 0.00907. The lowest BCUT2D eigenvalue weighted by Gasteiger charge is -2.22. The second kappa shape index (κ2) is 7.88. The van der Waals surface area contributed by atoms with Crippen LogP contribution in [-0.4, -0.2) is 25.2 Å². The van der Waals surface area contributed by atoms with Crippen LogP contribution in [0, 0.1) is 5.92 Å². The molecule has 0 spiro atoms. The summed E-state index contributed by atoms with van der Waals surface area (Å²) in [6, 6.07) is 5.14. The van der Waals surface area contributed by atoms with Gasteiger partial charge in [-0.05, 0) is 31.0 Å². The van der Waals surface area contributed by atoms with Crippen molar-refractivity contribution in [2.75, 3.05) is 13.2 Å². The molecule has 0 aromatic heterocycles. The van der Waals surface area contributed by atoms with Crippen LogP contribution in [0.4, 0.5) is 0 Å². The van der Waals surface area contributed by atoms with Crippen LogP contribution in [0.5, 0.6) is 0 Å². The van der Waals surface area contributed by atoms with Crippen molar-refractivity contribution in [3.63, 3.8) is 0 Å². The number of amides is 1. The standard InChI is InChI=1S/C14H19BrClNO2/c1-4-19-8-13(9(2)3)17-14(18)10-5-11(15)7-12(16)6-10/h5-7,9,13H,4,8H2,1-3H3,(H,17,18). The topological polar surface area (TPSA) is 38.3 Å². The van der Waals surface area contributed by atoms with Crippen LogP contribution < -0.4 is 5.32 Å². The van der Waals surface area contributed by atoms with Crippen molar-refractivity contribution < 1.29 is 9.53 Å². The molecular weight excluding hydrogens is 330 g/mol. The molecular formula is C14H19BrClNO2. The minimum atomic E-state index is -0.137. The third kappa shape index (κ3) is 5.51. The van der Waals surface area contributed by atoms with Gasteiger partial charge in [0.1, 0.15) is 0 Å². The maximum absolute atomic E-state index is 12.2. The lowest BCUT2D eigenvalue weighted by atomic mass is 10.0.